The van der Waals surface area contributed by atoms with Crippen molar-refractivity contribution < 1.29 is 13.5 Å². The van der Waals surface area contributed by atoms with Crippen molar-refractivity contribution in [2.45, 2.75) is 52.0 Å². The minimum Gasteiger partial charge on any atom is -0.396 e. The van der Waals surface area contributed by atoms with Gasteiger partial charge in [0.25, 0.3) is 0 Å². The van der Waals surface area contributed by atoms with Crippen LogP contribution in [0, 0.1) is 19.3 Å². The van der Waals surface area contributed by atoms with Crippen LogP contribution in [0.4, 0.5) is 0 Å². The normalized spacial score (nSPS) is 14.3. The van der Waals surface area contributed by atoms with Crippen molar-refractivity contribution in [3.63, 3.8) is 0 Å². The van der Waals surface area contributed by atoms with Crippen LogP contribution in [-0.4, -0.2) is 26.2 Å². The van der Waals surface area contributed by atoms with Crippen LogP contribution in [0.25, 0.3) is 0 Å². The van der Waals surface area contributed by atoms with Gasteiger partial charge in [-0.05, 0) is 42.9 Å². The van der Waals surface area contributed by atoms with Gasteiger partial charge in [0.2, 0.25) is 10.0 Å². The van der Waals surface area contributed by atoms with Crippen LogP contribution in [0.15, 0.2) is 23.1 Å². The summed E-state index contributed by atoms with van der Waals surface area (Å²) in [5.74, 6) is 0. The molecule has 0 amide bonds. The Morgan fingerprint density at radius 1 is 1.25 bits per heavy atom. The molecule has 1 rings (SSSR count). The first-order chi connectivity index (χ1) is 9.08. The molecule has 0 saturated heterocycles. The van der Waals surface area contributed by atoms with Crippen molar-refractivity contribution >= 4 is 10.0 Å². The van der Waals surface area contributed by atoms with Crippen LogP contribution < -0.4 is 4.72 Å². The molecule has 0 radical (unpaired) electrons. The lowest BCUT2D eigenvalue weighted by Crippen LogP contribution is -2.44. The Balaban J connectivity index is 3.13. The van der Waals surface area contributed by atoms with Crippen LogP contribution in [-0.2, 0) is 10.0 Å². The van der Waals surface area contributed by atoms with Gasteiger partial charge >= 0.3 is 0 Å². The average molecular weight is 299 g/mol. The fraction of sp³-hybridized carbons (Fsp3) is 0.600. The van der Waals surface area contributed by atoms with E-state index in [9.17, 15) is 8.42 Å². The summed E-state index contributed by atoms with van der Waals surface area (Å²) in [6, 6.07) is 5.07. The van der Waals surface area contributed by atoms with E-state index >= 15 is 0 Å². The molecule has 2 N–H and O–H groups in total. The first kappa shape index (κ1) is 17.1. The fourth-order valence-electron chi connectivity index (χ4n) is 2.05. The van der Waals surface area contributed by atoms with Crippen LogP contribution in [0.5, 0.6) is 0 Å². The molecule has 1 atom stereocenters. The number of aryl methyl sites for hydroxylation is 2. The van der Waals surface area contributed by atoms with E-state index < -0.39 is 10.0 Å². The molecule has 0 aliphatic carbocycles. The lowest BCUT2D eigenvalue weighted by Gasteiger charge is -2.31. The monoisotopic (exact) mass is 299 g/mol. The molecule has 0 spiro atoms. The van der Waals surface area contributed by atoms with Crippen molar-refractivity contribution in [3.8, 4) is 0 Å². The molecule has 5 heteroatoms. The fourth-order valence-corrected chi connectivity index (χ4v) is 3.85. The first-order valence-electron chi connectivity index (χ1n) is 6.78. The molecule has 1 aromatic rings. The second kappa shape index (κ2) is 6.24. The maximum absolute atomic E-state index is 12.5. The second-order valence-corrected chi connectivity index (χ2v) is 8.00. The number of nitrogens with one attached hydrogen (secondary N) is 1. The maximum atomic E-state index is 12.5. The van der Waals surface area contributed by atoms with E-state index in [1.807, 2.05) is 39.8 Å². The Labute approximate surface area is 122 Å². The van der Waals surface area contributed by atoms with E-state index in [4.69, 9.17) is 5.11 Å². The summed E-state index contributed by atoms with van der Waals surface area (Å²) in [5, 5.41) is 9.13. The minimum absolute atomic E-state index is 0.0444. The largest absolute Gasteiger partial charge is 0.396 e. The number of rotatable bonds is 5. The predicted octanol–water partition coefficient (Wildman–Crippen LogP) is 2.38. The Bertz CT molecular complexity index is 559. The molecular weight excluding hydrogens is 274 g/mol. The summed E-state index contributed by atoms with van der Waals surface area (Å²) < 4.78 is 27.8. The number of benzene rings is 1. The SMILES string of the molecule is Cc1ccc(C)c(S(=O)(=O)NC(CCO)C(C)(C)C)c1. The van der Waals surface area contributed by atoms with Gasteiger partial charge in [-0.3, -0.25) is 0 Å². The van der Waals surface area contributed by atoms with E-state index in [1.54, 1.807) is 13.0 Å². The Morgan fingerprint density at radius 3 is 2.35 bits per heavy atom. The summed E-state index contributed by atoms with van der Waals surface area (Å²) in [6.45, 7) is 9.48. The molecule has 4 nitrogen and oxygen atoms in total. The second-order valence-electron chi connectivity index (χ2n) is 6.32. The Morgan fingerprint density at radius 2 is 1.85 bits per heavy atom. The lowest BCUT2D eigenvalue weighted by molar-refractivity contribution is 0.214. The van der Waals surface area contributed by atoms with Gasteiger partial charge in [-0.15, -0.1) is 0 Å². The molecule has 0 aromatic heterocycles. The van der Waals surface area contributed by atoms with Gasteiger partial charge in [0.1, 0.15) is 0 Å². The smallest absolute Gasteiger partial charge is 0.241 e. The van der Waals surface area contributed by atoms with Gasteiger partial charge in [-0.25, -0.2) is 13.1 Å². The quantitative estimate of drug-likeness (QED) is 0.877. The third-order valence-corrected chi connectivity index (χ3v) is 5.01. The van der Waals surface area contributed by atoms with E-state index in [1.165, 1.54) is 0 Å². The zero-order valence-corrected chi connectivity index (χ0v) is 13.7. The molecule has 20 heavy (non-hydrogen) atoms. The van der Waals surface area contributed by atoms with E-state index in [0.29, 0.717) is 11.3 Å². The molecule has 0 aliphatic heterocycles. The highest BCUT2D eigenvalue weighted by Gasteiger charge is 2.29. The average Bonchev–Trinajstić information content (AvgIpc) is 2.30. The molecule has 1 unspecified atom stereocenters. The highest BCUT2D eigenvalue weighted by atomic mass is 32.2. The zero-order chi connectivity index (χ0) is 15.6. The summed E-state index contributed by atoms with van der Waals surface area (Å²) >= 11 is 0. The molecule has 0 saturated carbocycles. The van der Waals surface area contributed by atoms with Crippen LogP contribution in [0.2, 0.25) is 0 Å². The number of aliphatic hydroxyl groups excluding tert-OH is 1. The van der Waals surface area contributed by atoms with Gasteiger partial charge in [0.15, 0.2) is 0 Å². The predicted molar refractivity (Wildman–Crippen MR) is 81.2 cm³/mol. The topological polar surface area (TPSA) is 66.4 Å². The van der Waals surface area contributed by atoms with Gasteiger partial charge in [-0.1, -0.05) is 32.9 Å². The van der Waals surface area contributed by atoms with E-state index in [-0.39, 0.29) is 18.1 Å². The Hall–Kier alpha value is -0.910. The van der Waals surface area contributed by atoms with Gasteiger partial charge in [0.05, 0.1) is 4.90 Å². The number of aliphatic hydroxyl groups is 1. The number of hydrogen-bond acceptors (Lipinski definition) is 3. The minimum atomic E-state index is -3.58. The standard InChI is InChI=1S/C15H25NO3S/c1-11-6-7-12(2)13(10-11)20(18,19)16-14(8-9-17)15(3,4)5/h6-7,10,14,16-17H,8-9H2,1-5H3. The maximum Gasteiger partial charge on any atom is 0.241 e. The van der Waals surface area contributed by atoms with Crippen molar-refractivity contribution in [2.24, 2.45) is 5.41 Å². The van der Waals surface area contributed by atoms with Gasteiger partial charge < -0.3 is 5.11 Å². The van der Waals surface area contributed by atoms with Crippen molar-refractivity contribution in [1.82, 2.24) is 4.72 Å². The van der Waals surface area contributed by atoms with Gasteiger partial charge in [-0.2, -0.15) is 0 Å². The Kier molecular flexibility index (Phi) is 5.35. The van der Waals surface area contributed by atoms with Gasteiger partial charge in [0, 0.05) is 12.6 Å². The summed E-state index contributed by atoms with van der Waals surface area (Å²) in [5.41, 5.74) is 1.37. The molecule has 0 heterocycles. The number of sulfonamides is 1. The highest BCUT2D eigenvalue weighted by Crippen LogP contribution is 2.25. The molecule has 114 valence electrons. The van der Waals surface area contributed by atoms with E-state index in [2.05, 4.69) is 4.72 Å². The summed E-state index contributed by atoms with van der Waals surface area (Å²) in [7, 11) is -3.58. The van der Waals surface area contributed by atoms with E-state index in [0.717, 1.165) is 11.1 Å². The third-order valence-electron chi connectivity index (χ3n) is 3.39. The van der Waals surface area contributed by atoms with Crippen LogP contribution >= 0.6 is 0 Å². The van der Waals surface area contributed by atoms with Crippen LogP contribution in [0.1, 0.15) is 38.3 Å². The summed E-state index contributed by atoms with van der Waals surface area (Å²) in [4.78, 5) is 0.310. The third kappa shape index (κ3) is 4.30. The van der Waals surface area contributed by atoms with Crippen molar-refractivity contribution in [3.05, 3.63) is 29.3 Å². The molecular formula is C15H25NO3S. The highest BCUT2D eigenvalue weighted by molar-refractivity contribution is 7.89. The first-order valence-corrected chi connectivity index (χ1v) is 8.26. The zero-order valence-electron chi connectivity index (χ0n) is 12.9. The lowest BCUT2D eigenvalue weighted by atomic mass is 9.86. The van der Waals surface area contributed by atoms with Crippen molar-refractivity contribution in [2.75, 3.05) is 6.61 Å². The van der Waals surface area contributed by atoms with Crippen molar-refractivity contribution in [1.29, 1.82) is 0 Å². The molecule has 0 aliphatic rings. The number of hydrogen-bond donors (Lipinski definition) is 2. The van der Waals surface area contributed by atoms with Crippen LogP contribution in [0.3, 0.4) is 0 Å². The summed E-state index contributed by atoms with van der Waals surface area (Å²) in [6.07, 6.45) is 0.396. The molecule has 0 bridgehead atoms. The molecule has 1 aromatic carbocycles. The molecule has 0 fully saturated rings.